The van der Waals surface area contributed by atoms with Gasteiger partial charge in [-0.2, -0.15) is 0 Å². The van der Waals surface area contributed by atoms with Gasteiger partial charge in [0.05, 0.1) is 27.7 Å². The maximum absolute atomic E-state index is 11.0. The number of carboxylic acids is 1. The van der Waals surface area contributed by atoms with E-state index in [1.54, 1.807) is 0 Å². The molecule has 0 bridgehead atoms. The molecule has 1 heterocycles. The Morgan fingerprint density at radius 3 is 1.93 bits per heavy atom. The fourth-order valence-corrected chi connectivity index (χ4v) is 5.91. The van der Waals surface area contributed by atoms with E-state index >= 15 is 0 Å². The Labute approximate surface area is 258 Å². The molecule has 0 unspecified atom stereocenters. The fraction of sp³-hybridized carbons (Fsp3) is 0.806. The van der Waals surface area contributed by atoms with Crippen molar-refractivity contribution in [1.29, 1.82) is 0 Å². The lowest BCUT2D eigenvalue weighted by Crippen LogP contribution is -2.37. The second-order valence-electron chi connectivity index (χ2n) is 14.8. The summed E-state index contributed by atoms with van der Waals surface area (Å²) in [5, 5.41) is 17.4. The molecule has 0 aromatic heterocycles. The van der Waals surface area contributed by atoms with Gasteiger partial charge in [-0.1, -0.05) is 72.6 Å². The van der Waals surface area contributed by atoms with E-state index in [9.17, 15) is 4.79 Å². The number of rotatable bonds is 17. The predicted molar refractivity (Wildman–Crippen MR) is 176 cm³/mol. The molecule has 0 aliphatic carbocycles. The molecule has 0 saturated carbocycles. The number of nitrogens with zero attached hydrogens (tertiary/aromatic N) is 1. The summed E-state index contributed by atoms with van der Waals surface area (Å²) in [6.45, 7) is 18.7. The van der Waals surface area contributed by atoms with Crippen LogP contribution in [-0.2, 0) is 11.2 Å². The number of hydrogen-bond acceptors (Lipinski definition) is 4. The summed E-state index contributed by atoms with van der Waals surface area (Å²) in [5.74, 6) is 3.22. The average molecular weight is 593 g/mol. The lowest BCUT2D eigenvalue weighted by molar-refractivity contribution is -0.870. The number of likely N-dealkylation sites (N-methyl/N-ethyl adjacent to an activating group) is 1. The summed E-state index contributed by atoms with van der Waals surface area (Å²) < 4.78 is 13.2. The molecule has 0 saturated heterocycles. The van der Waals surface area contributed by atoms with Gasteiger partial charge in [-0.3, -0.25) is 0 Å². The van der Waals surface area contributed by atoms with E-state index in [1.807, 2.05) is 13.8 Å². The molecule has 6 nitrogen and oxygen atoms in total. The van der Waals surface area contributed by atoms with Gasteiger partial charge in [-0.05, 0) is 87.8 Å². The summed E-state index contributed by atoms with van der Waals surface area (Å²) >= 11 is 0. The van der Waals surface area contributed by atoms with Crippen molar-refractivity contribution in [3.8, 4) is 11.5 Å². The van der Waals surface area contributed by atoms with E-state index in [1.165, 1.54) is 56.9 Å². The van der Waals surface area contributed by atoms with Crippen LogP contribution in [0.4, 0.5) is 0 Å². The van der Waals surface area contributed by atoms with E-state index in [2.05, 4.69) is 62.7 Å². The van der Waals surface area contributed by atoms with Crippen molar-refractivity contribution < 1.29 is 29.0 Å². The van der Waals surface area contributed by atoms with Crippen molar-refractivity contribution in [2.24, 2.45) is 17.8 Å². The van der Waals surface area contributed by atoms with Crippen molar-refractivity contribution in [3.63, 3.8) is 0 Å². The molecule has 0 radical (unpaired) electrons. The molecule has 0 amide bonds. The number of fused-ring (bicyclic) bond motifs is 1. The first-order valence-corrected chi connectivity index (χ1v) is 16.6. The summed E-state index contributed by atoms with van der Waals surface area (Å²) in [6, 6.07) is 0. The number of ether oxygens (including phenoxy) is 2. The Bertz CT molecular complexity index is 951. The number of carbonyl (C=O) groups is 1. The van der Waals surface area contributed by atoms with Crippen LogP contribution in [0.15, 0.2) is 0 Å². The van der Waals surface area contributed by atoms with E-state index in [4.69, 9.17) is 19.7 Å². The zero-order valence-electron chi connectivity index (χ0n) is 29.2. The molecule has 2 rings (SSSR count). The number of aliphatic hydroxyl groups is 1. The normalized spacial score (nSPS) is 18.0. The lowest BCUT2D eigenvalue weighted by Gasteiger charge is -2.38. The number of hydrogen-bond donors (Lipinski definition) is 2. The molecule has 42 heavy (non-hydrogen) atoms. The molecule has 1 aromatic carbocycles. The van der Waals surface area contributed by atoms with Crippen LogP contribution in [0.25, 0.3) is 0 Å². The van der Waals surface area contributed by atoms with E-state index < -0.39 is 5.97 Å². The predicted octanol–water partition coefficient (Wildman–Crippen LogP) is 8.28. The van der Waals surface area contributed by atoms with Gasteiger partial charge in [0.15, 0.2) is 6.61 Å². The fourth-order valence-electron chi connectivity index (χ4n) is 5.91. The number of carboxylic acid groups (broad SMARTS) is 1. The third kappa shape index (κ3) is 14.1. The zero-order valence-corrected chi connectivity index (χ0v) is 29.2. The average Bonchev–Trinajstić information content (AvgIpc) is 2.86. The number of benzene rings is 1. The van der Waals surface area contributed by atoms with Crippen LogP contribution in [0.1, 0.15) is 121 Å². The molecule has 1 aromatic rings. The maximum Gasteiger partial charge on any atom is 0.341 e. The quantitative estimate of drug-likeness (QED) is 0.178. The molecule has 1 aliphatic heterocycles. The Morgan fingerprint density at radius 2 is 1.45 bits per heavy atom. The number of aliphatic hydroxyl groups excluding tert-OH is 1. The molecular formula is C36H66NO5+. The highest BCUT2D eigenvalue weighted by atomic mass is 16.5. The first-order valence-electron chi connectivity index (χ1n) is 16.6. The van der Waals surface area contributed by atoms with Gasteiger partial charge >= 0.3 is 5.97 Å². The molecule has 6 heteroatoms. The highest BCUT2D eigenvalue weighted by Gasteiger charge is 2.34. The maximum atomic E-state index is 11.0. The molecule has 3 atom stereocenters. The first-order chi connectivity index (χ1) is 19.5. The van der Waals surface area contributed by atoms with E-state index in [0.717, 1.165) is 70.5 Å². The van der Waals surface area contributed by atoms with Crippen LogP contribution in [0.2, 0.25) is 0 Å². The summed E-state index contributed by atoms with van der Waals surface area (Å²) in [5.41, 5.74) is 4.14. The molecule has 0 fully saturated rings. The van der Waals surface area contributed by atoms with Crippen LogP contribution in [0.3, 0.4) is 0 Å². The molecular weight excluding hydrogens is 526 g/mol. The van der Waals surface area contributed by atoms with Gasteiger partial charge in [-0.15, -0.1) is 0 Å². The SMILES string of the molecule is C[N+](C)(C)CCO.Cc1c(C)c2c(c(C)c1OCC(=O)O)CC[C@@](C)(CCC[C@H](C)CCC[C@H](C)CCCC(C)C)O2. The Balaban J connectivity index is 0.00000112. The Hall–Kier alpha value is -1.79. The van der Waals surface area contributed by atoms with Gasteiger partial charge in [-0.25, -0.2) is 4.79 Å². The highest BCUT2D eigenvalue weighted by Crippen LogP contribution is 2.45. The molecule has 1 aliphatic rings. The topological polar surface area (TPSA) is 76.0 Å². The largest absolute Gasteiger partial charge is 0.487 e. The van der Waals surface area contributed by atoms with Crippen molar-refractivity contribution in [3.05, 3.63) is 22.3 Å². The van der Waals surface area contributed by atoms with Gasteiger partial charge in [0.25, 0.3) is 0 Å². The number of quaternary nitrogens is 1. The standard InChI is InChI=1S/C31H52O4.C5H14NO/c1-21(2)12-9-13-22(3)14-10-15-23(4)16-11-18-31(8)19-17-27-26(7)29(34-20-28(32)33)24(5)25(6)30(27)35-31;1-6(2,3)4-5-7/h21-23H,9-20H2,1-8H3,(H,32,33);7H,4-5H2,1-3H3/q;+1/t22-,23-,31-;/m1./s1. The van der Waals surface area contributed by atoms with E-state index in [-0.39, 0.29) is 18.8 Å². The van der Waals surface area contributed by atoms with Gasteiger partial charge in [0, 0.05) is 5.56 Å². The lowest BCUT2D eigenvalue weighted by atomic mass is 9.83. The van der Waals surface area contributed by atoms with Crippen molar-refractivity contribution in [2.75, 3.05) is 40.9 Å². The van der Waals surface area contributed by atoms with Crippen LogP contribution in [0.5, 0.6) is 11.5 Å². The van der Waals surface area contributed by atoms with Crippen molar-refractivity contribution in [1.82, 2.24) is 0 Å². The molecule has 2 N–H and O–H groups in total. The van der Waals surface area contributed by atoms with Gasteiger partial charge in [0.2, 0.25) is 0 Å². The third-order valence-corrected chi connectivity index (χ3v) is 8.95. The van der Waals surface area contributed by atoms with Crippen molar-refractivity contribution >= 4 is 5.97 Å². The first kappa shape index (κ1) is 38.2. The third-order valence-electron chi connectivity index (χ3n) is 8.95. The second kappa shape index (κ2) is 18.1. The van der Waals surface area contributed by atoms with Crippen LogP contribution in [0, 0.1) is 38.5 Å². The van der Waals surface area contributed by atoms with Crippen LogP contribution < -0.4 is 9.47 Å². The van der Waals surface area contributed by atoms with Gasteiger partial charge < -0.3 is 24.2 Å². The second-order valence-corrected chi connectivity index (χ2v) is 14.8. The smallest absolute Gasteiger partial charge is 0.341 e. The molecule has 244 valence electrons. The molecule has 0 spiro atoms. The summed E-state index contributed by atoms with van der Waals surface area (Å²) in [4.78, 5) is 11.0. The minimum atomic E-state index is -0.951. The minimum Gasteiger partial charge on any atom is -0.487 e. The van der Waals surface area contributed by atoms with Gasteiger partial charge in [0.1, 0.15) is 23.6 Å². The van der Waals surface area contributed by atoms with E-state index in [0.29, 0.717) is 5.75 Å². The summed E-state index contributed by atoms with van der Waals surface area (Å²) in [6.07, 6.45) is 13.7. The van der Waals surface area contributed by atoms with Crippen LogP contribution >= 0.6 is 0 Å². The number of aliphatic carboxylic acids is 1. The van der Waals surface area contributed by atoms with Crippen molar-refractivity contribution in [2.45, 2.75) is 132 Å². The Morgan fingerprint density at radius 1 is 0.905 bits per heavy atom. The monoisotopic (exact) mass is 592 g/mol. The highest BCUT2D eigenvalue weighted by molar-refractivity contribution is 5.69. The Kier molecular flexibility index (Phi) is 16.5. The van der Waals surface area contributed by atoms with Crippen LogP contribution in [-0.4, -0.2) is 67.2 Å². The minimum absolute atomic E-state index is 0.134. The zero-order chi connectivity index (χ0) is 32.1. The summed E-state index contributed by atoms with van der Waals surface area (Å²) in [7, 11) is 6.16.